The molecule has 1 N–H and O–H groups in total. The van der Waals surface area contributed by atoms with Gasteiger partial charge in [0.2, 0.25) is 0 Å². The second-order valence-corrected chi connectivity index (χ2v) is 5.83. The molecule has 1 aromatic carbocycles. The highest BCUT2D eigenvalue weighted by Crippen LogP contribution is 2.36. The third-order valence-corrected chi connectivity index (χ3v) is 4.25. The summed E-state index contributed by atoms with van der Waals surface area (Å²) in [5, 5.41) is 3.46. The van der Waals surface area contributed by atoms with Gasteiger partial charge in [0.05, 0.1) is 11.6 Å². The lowest BCUT2D eigenvalue weighted by Gasteiger charge is -2.40. The average molecular weight is 261 g/mol. The zero-order chi connectivity index (χ0) is 13.7. The van der Waals surface area contributed by atoms with Gasteiger partial charge in [-0.2, -0.15) is 0 Å². The van der Waals surface area contributed by atoms with Crippen LogP contribution in [0, 0.1) is 0 Å². The van der Waals surface area contributed by atoms with Crippen LogP contribution in [0.25, 0.3) is 0 Å². The van der Waals surface area contributed by atoms with Gasteiger partial charge in [-0.25, -0.2) is 0 Å². The van der Waals surface area contributed by atoms with E-state index in [4.69, 9.17) is 4.74 Å². The van der Waals surface area contributed by atoms with Crippen LogP contribution in [0.2, 0.25) is 0 Å². The first-order valence-electron chi connectivity index (χ1n) is 7.59. The van der Waals surface area contributed by atoms with Crippen molar-refractivity contribution in [2.75, 3.05) is 13.7 Å². The van der Waals surface area contributed by atoms with Gasteiger partial charge < -0.3 is 10.1 Å². The van der Waals surface area contributed by atoms with Crippen LogP contribution in [0.4, 0.5) is 0 Å². The summed E-state index contributed by atoms with van der Waals surface area (Å²) >= 11 is 0. The molecule has 0 aromatic heterocycles. The molecule has 2 nitrogen and oxygen atoms in total. The number of ether oxygens (including phenoxy) is 1. The minimum atomic E-state index is -0.0702. The Balaban J connectivity index is 2.16. The molecule has 2 rings (SSSR count). The summed E-state index contributed by atoms with van der Waals surface area (Å²) in [6.07, 6.45) is 5.97. The van der Waals surface area contributed by atoms with Crippen LogP contribution < -0.4 is 5.32 Å². The maximum atomic E-state index is 6.09. The third kappa shape index (κ3) is 3.37. The van der Waals surface area contributed by atoms with E-state index in [2.05, 4.69) is 43.4 Å². The Morgan fingerprint density at radius 3 is 2.53 bits per heavy atom. The molecule has 2 heteroatoms. The Morgan fingerprint density at radius 2 is 2.00 bits per heavy atom. The molecule has 1 aliphatic heterocycles. The lowest BCUT2D eigenvalue weighted by molar-refractivity contribution is -0.0884. The molecule has 2 atom stereocenters. The van der Waals surface area contributed by atoms with E-state index in [9.17, 15) is 0 Å². The van der Waals surface area contributed by atoms with Crippen LogP contribution >= 0.6 is 0 Å². The van der Waals surface area contributed by atoms with Crippen molar-refractivity contribution in [2.45, 2.75) is 57.6 Å². The predicted octanol–water partition coefficient (Wildman–Crippen LogP) is 3.86. The fourth-order valence-electron chi connectivity index (χ4n) is 3.17. The molecule has 1 heterocycles. The second-order valence-electron chi connectivity index (χ2n) is 5.83. The van der Waals surface area contributed by atoms with E-state index in [0.717, 1.165) is 19.4 Å². The molecule has 2 unspecified atom stereocenters. The minimum Gasteiger partial charge on any atom is -0.373 e. The molecule has 0 radical (unpaired) electrons. The maximum Gasteiger partial charge on any atom is 0.0848 e. The SMILES string of the molecule is CCCc1ccc(C(NC)C2(C)CCCCO2)cc1. The van der Waals surface area contributed by atoms with Crippen LogP contribution in [0.3, 0.4) is 0 Å². The Kier molecular flexibility index (Phi) is 5.00. The van der Waals surface area contributed by atoms with Crippen LogP contribution in [-0.2, 0) is 11.2 Å². The largest absolute Gasteiger partial charge is 0.373 e. The van der Waals surface area contributed by atoms with E-state index in [1.807, 2.05) is 7.05 Å². The van der Waals surface area contributed by atoms with Gasteiger partial charge in [-0.3, -0.25) is 0 Å². The van der Waals surface area contributed by atoms with Crippen molar-refractivity contribution in [3.63, 3.8) is 0 Å². The van der Waals surface area contributed by atoms with E-state index in [0.29, 0.717) is 0 Å². The quantitative estimate of drug-likeness (QED) is 0.869. The second kappa shape index (κ2) is 6.53. The molecule has 0 amide bonds. The van der Waals surface area contributed by atoms with Crippen LogP contribution in [0.5, 0.6) is 0 Å². The molecule has 0 bridgehead atoms. The van der Waals surface area contributed by atoms with Crippen molar-refractivity contribution in [2.24, 2.45) is 0 Å². The van der Waals surface area contributed by atoms with Gasteiger partial charge in [0.15, 0.2) is 0 Å². The summed E-state index contributed by atoms with van der Waals surface area (Å²) in [5.74, 6) is 0. The summed E-state index contributed by atoms with van der Waals surface area (Å²) in [4.78, 5) is 0. The average Bonchev–Trinajstić information content (AvgIpc) is 2.42. The number of hydrogen-bond donors (Lipinski definition) is 1. The fourth-order valence-corrected chi connectivity index (χ4v) is 3.17. The van der Waals surface area contributed by atoms with Gasteiger partial charge in [0.1, 0.15) is 0 Å². The first-order chi connectivity index (χ1) is 9.19. The molecule has 1 aliphatic rings. The summed E-state index contributed by atoms with van der Waals surface area (Å²) in [6, 6.07) is 9.32. The lowest BCUT2D eigenvalue weighted by Crippen LogP contribution is -2.44. The topological polar surface area (TPSA) is 21.3 Å². The number of likely N-dealkylation sites (N-methyl/N-ethyl adjacent to an activating group) is 1. The lowest BCUT2D eigenvalue weighted by atomic mass is 9.84. The highest BCUT2D eigenvalue weighted by molar-refractivity contribution is 5.27. The number of nitrogens with one attached hydrogen (secondary N) is 1. The molecule has 19 heavy (non-hydrogen) atoms. The van der Waals surface area contributed by atoms with Gasteiger partial charge in [-0.1, -0.05) is 37.6 Å². The van der Waals surface area contributed by atoms with Crippen molar-refractivity contribution in [3.05, 3.63) is 35.4 Å². The highest BCUT2D eigenvalue weighted by atomic mass is 16.5. The molecule has 106 valence electrons. The van der Waals surface area contributed by atoms with Crippen molar-refractivity contribution < 1.29 is 4.74 Å². The van der Waals surface area contributed by atoms with E-state index < -0.39 is 0 Å². The number of hydrogen-bond acceptors (Lipinski definition) is 2. The zero-order valence-corrected chi connectivity index (χ0v) is 12.5. The van der Waals surface area contributed by atoms with Gasteiger partial charge >= 0.3 is 0 Å². The minimum absolute atomic E-state index is 0.0702. The van der Waals surface area contributed by atoms with Crippen molar-refractivity contribution in [3.8, 4) is 0 Å². The van der Waals surface area contributed by atoms with Gasteiger partial charge in [0, 0.05) is 6.61 Å². The maximum absolute atomic E-state index is 6.09. The van der Waals surface area contributed by atoms with Crippen molar-refractivity contribution >= 4 is 0 Å². The molecular weight excluding hydrogens is 234 g/mol. The summed E-state index contributed by atoms with van der Waals surface area (Å²) in [7, 11) is 2.04. The van der Waals surface area contributed by atoms with Crippen LogP contribution in [0.1, 0.15) is 56.7 Å². The Hall–Kier alpha value is -0.860. The van der Waals surface area contributed by atoms with Gasteiger partial charge in [-0.15, -0.1) is 0 Å². The predicted molar refractivity (Wildman–Crippen MR) is 80.4 cm³/mol. The molecular formula is C17H27NO. The Labute approximate surface area is 117 Å². The van der Waals surface area contributed by atoms with Crippen molar-refractivity contribution in [1.82, 2.24) is 5.32 Å². The smallest absolute Gasteiger partial charge is 0.0848 e. The fraction of sp³-hybridized carbons (Fsp3) is 0.647. The van der Waals surface area contributed by atoms with Gasteiger partial charge in [-0.05, 0) is 50.8 Å². The normalized spacial score (nSPS) is 25.2. The number of rotatable bonds is 5. The number of benzene rings is 1. The van der Waals surface area contributed by atoms with Crippen LogP contribution in [0.15, 0.2) is 24.3 Å². The summed E-state index contributed by atoms with van der Waals surface area (Å²) < 4.78 is 6.09. The number of aryl methyl sites for hydroxylation is 1. The first-order valence-corrected chi connectivity index (χ1v) is 7.59. The molecule has 1 saturated heterocycles. The highest BCUT2D eigenvalue weighted by Gasteiger charge is 2.36. The summed E-state index contributed by atoms with van der Waals surface area (Å²) in [5.41, 5.74) is 2.70. The van der Waals surface area contributed by atoms with E-state index in [1.54, 1.807) is 0 Å². The molecule has 0 saturated carbocycles. The Morgan fingerprint density at radius 1 is 1.26 bits per heavy atom. The monoisotopic (exact) mass is 261 g/mol. The van der Waals surface area contributed by atoms with E-state index in [1.165, 1.54) is 30.4 Å². The molecule has 1 fully saturated rings. The van der Waals surface area contributed by atoms with E-state index in [-0.39, 0.29) is 11.6 Å². The van der Waals surface area contributed by atoms with Crippen molar-refractivity contribution in [1.29, 1.82) is 0 Å². The zero-order valence-electron chi connectivity index (χ0n) is 12.5. The van der Waals surface area contributed by atoms with Gasteiger partial charge in [0.25, 0.3) is 0 Å². The molecule has 0 spiro atoms. The summed E-state index contributed by atoms with van der Waals surface area (Å²) in [6.45, 7) is 5.36. The first kappa shape index (κ1) is 14.5. The standard InChI is InChI=1S/C17H27NO/c1-4-7-14-8-10-15(11-9-14)16(18-3)17(2)12-5-6-13-19-17/h8-11,16,18H,4-7,12-13H2,1-3H3. The molecule has 0 aliphatic carbocycles. The van der Waals surface area contributed by atoms with E-state index >= 15 is 0 Å². The Bertz CT molecular complexity index is 379. The third-order valence-electron chi connectivity index (χ3n) is 4.25. The van der Waals surface area contributed by atoms with Crippen LogP contribution in [-0.4, -0.2) is 19.3 Å². The molecule has 1 aromatic rings.